The van der Waals surface area contributed by atoms with Crippen molar-refractivity contribution in [3.63, 3.8) is 0 Å². The van der Waals surface area contributed by atoms with Crippen LogP contribution in [0.2, 0.25) is 0 Å². The average molecular weight is 215 g/mol. The molecule has 0 saturated heterocycles. The second kappa shape index (κ2) is 4.09. The van der Waals surface area contributed by atoms with E-state index in [0.717, 1.165) is 5.56 Å². The van der Waals surface area contributed by atoms with Crippen LogP contribution >= 0.6 is 0 Å². The van der Waals surface area contributed by atoms with Crippen molar-refractivity contribution < 1.29 is 8.60 Å². The van der Waals surface area contributed by atoms with Gasteiger partial charge in [0, 0.05) is 10.9 Å². The summed E-state index contributed by atoms with van der Waals surface area (Å²) < 4.78 is 25.0. The van der Waals surface area contributed by atoms with Gasteiger partial charge in [-0.2, -0.15) is 0 Å². The molecule has 1 unspecified atom stereocenters. The minimum Gasteiger partial charge on any atom is -0.398 e. The Balaban J connectivity index is 3.22. The molecular weight excluding hydrogens is 201 g/mol. The van der Waals surface area contributed by atoms with E-state index in [1.165, 1.54) is 6.07 Å². The molecule has 0 saturated carbocycles. The Kier molecular flexibility index (Phi) is 3.26. The van der Waals surface area contributed by atoms with E-state index in [9.17, 15) is 8.60 Å². The summed E-state index contributed by atoms with van der Waals surface area (Å²) in [5.74, 6) is -0.486. The van der Waals surface area contributed by atoms with Gasteiger partial charge < -0.3 is 5.73 Å². The van der Waals surface area contributed by atoms with Crippen molar-refractivity contribution in [1.29, 1.82) is 0 Å². The molecule has 2 N–H and O–H groups in total. The normalized spacial score (nSPS) is 13.2. The third-order valence-electron chi connectivity index (χ3n) is 1.97. The lowest BCUT2D eigenvalue weighted by atomic mass is 10.2. The van der Waals surface area contributed by atoms with Crippen molar-refractivity contribution >= 4 is 16.5 Å². The smallest absolute Gasteiger partial charge is 0.141 e. The van der Waals surface area contributed by atoms with Gasteiger partial charge in [-0.25, -0.2) is 4.39 Å². The van der Waals surface area contributed by atoms with Gasteiger partial charge in [0.1, 0.15) is 5.82 Å². The zero-order chi connectivity index (χ0) is 10.9. The largest absolute Gasteiger partial charge is 0.398 e. The number of hydrogen-bond donors (Lipinski definition) is 1. The highest BCUT2D eigenvalue weighted by molar-refractivity contribution is 7.85. The highest BCUT2D eigenvalue weighted by atomic mass is 32.2. The Morgan fingerprint density at radius 3 is 2.50 bits per heavy atom. The standard InChI is InChI=1S/C10H14FNOS/c1-6(2)14(13)10-4-7(3)9(12)5-8(10)11/h4-6H,12H2,1-3H3. The molecule has 0 bridgehead atoms. The van der Waals surface area contributed by atoms with E-state index in [2.05, 4.69) is 0 Å². The van der Waals surface area contributed by atoms with Gasteiger partial charge >= 0.3 is 0 Å². The summed E-state index contributed by atoms with van der Waals surface area (Å²) >= 11 is 0. The summed E-state index contributed by atoms with van der Waals surface area (Å²) in [6.07, 6.45) is 0. The number of aryl methyl sites for hydroxylation is 1. The van der Waals surface area contributed by atoms with Crippen LogP contribution in [-0.2, 0) is 10.8 Å². The van der Waals surface area contributed by atoms with Crippen LogP contribution in [0.5, 0.6) is 0 Å². The molecule has 1 rings (SSSR count). The molecular formula is C10H14FNOS. The molecule has 0 heterocycles. The molecule has 1 aromatic carbocycles. The second-order valence-corrected chi connectivity index (χ2v) is 5.46. The Labute approximate surface area is 85.8 Å². The van der Waals surface area contributed by atoms with Crippen LogP contribution in [0, 0.1) is 12.7 Å². The molecule has 14 heavy (non-hydrogen) atoms. The second-order valence-electron chi connectivity index (χ2n) is 3.49. The lowest BCUT2D eigenvalue weighted by Crippen LogP contribution is -2.08. The van der Waals surface area contributed by atoms with Crippen LogP contribution in [0.25, 0.3) is 0 Å². The first-order valence-corrected chi connectivity index (χ1v) is 5.61. The SMILES string of the molecule is Cc1cc(S(=O)C(C)C)c(F)cc1N. The van der Waals surface area contributed by atoms with E-state index in [1.807, 2.05) is 0 Å². The Bertz CT molecular complexity index is 377. The number of halogens is 1. The molecule has 1 atom stereocenters. The van der Waals surface area contributed by atoms with Crippen LogP contribution in [0.4, 0.5) is 10.1 Å². The molecule has 0 fully saturated rings. The van der Waals surface area contributed by atoms with Crippen molar-refractivity contribution in [2.45, 2.75) is 30.9 Å². The maximum absolute atomic E-state index is 13.4. The fraction of sp³-hybridized carbons (Fsp3) is 0.400. The maximum atomic E-state index is 13.4. The quantitative estimate of drug-likeness (QED) is 0.769. The topological polar surface area (TPSA) is 43.1 Å². The minimum absolute atomic E-state index is 0.0903. The van der Waals surface area contributed by atoms with Crippen LogP contribution < -0.4 is 5.73 Å². The van der Waals surface area contributed by atoms with E-state index in [0.29, 0.717) is 5.69 Å². The number of benzene rings is 1. The van der Waals surface area contributed by atoms with E-state index < -0.39 is 16.6 Å². The fourth-order valence-corrected chi connectivity index (χ4v) is 2.13. The lowest BCUT2D eigenvalue weighted by molar-refractivity contribution is 0.594. The first-order valence-electron chi connectivity index (χ1n) is 4.39. The highest BCUT2D eigenvalue weighted by Crippen LogP contribution is 2.21. The van der Waals surface area contributed by atoms with Gasteiger partial charge in [-0.1, -0.05) is 13.8 Å². The monoisotopic (exact) mass is 215 g/mol. The van der Waals surface area contributed by atoms with E-state index in [4.69, 9.17) is 5.73 Å². The summed E-state index contributed by atoms with van der Waals surface area (Å²) in [5, 5.41) is -0.0903. The average Bonchev–Trinajstić information content (AvgIpc) is 2.10. The number of nitrogens with two attached hydrogens (primary N) is 1. The first kappa shape index (κ1) is 11.2. The molecule has 4 heteroatoms. The number of anilines is 1. The van der Waals surface area contributed by atoms with Crippen molar-refractivity contribution in [2.75, 3.05) is 5.73 Å². The van der Waals surface area contributed by atoms with Gasteiger partial charge in [-0.3, -0.25) is 4.21 Å². The van der Waals surface area contributed by atoms with Gasteiger partial charge in [0.05, 0.1) is 15.7 Å². The van der Waals surface area contributed by atoms with Crippen LogP contribution in [0.15, 0.2) is 17.0 Å². The van der Waals surface area contributed by atoms with Crippen LogP contribution in [0.1, 0.15) is 19.4 Å². The van der Waals surface area contributed by atoms with Crippen molar-refractivity contribution in [1.82, 2.24) is 0 Å². The zero-order valence-electron chi connectivity index (χ0n) is 8.50. The fourth-order valence-electron chi connectivity index (χ4n) is 1.08. The summed E-state index contributed by atoms with van der Waals surface area (Å²) in [4.78, 5) is 0.242. The Morgan fingerprint density at radius 2 is 2.00 bits per heavy atom. The first-order chi connectivity index (χ1) is 6.43. The van der Waals surface area contributed by atoms with Gasteiger partial charge in [0.2, 0.25) is 0 Å². The number of rotatable bonds is 2. The molecule has 0 amide bonds. The number of hydrogen-bond acceptors (Lipinski definition) is 2. The van der Waals surface area contributed by atoms with Crippen molar-refractivity contribution in [3.8, 4) is 0 Å². The predicted octanol–water partition coefficient (Wildman–Crippen LogP) is 2.23. The summed E-state index contributed by atoms with van der Waals surface area (Å²) in [6, 6.07) is 2.78. The predicted molar refractivity (Wildman–Crippen MR) is 57.1 cm³/mol. The number of nitrogen functional groups attached to an aromatic ring is 1. The Hall–Kier alpha value is -0.900. The molecule has 0 aliphatic carbocycles. The molecule has 2 nitrogen and oxygen atoms in total. The molecule has 0 radical (unpaired) electrons. The summed E-state index contributed by atoms with van der Waals surface area (Å²) in [6.45, 7) is 5.36. The van der Waals surface area contributed by atoms with Crippen LogP contribution in [0.3, 0.4) is 0 Å². The molecule has 0 spiro atoms. The maximum Gasteiger partial charge on any atom is 0.141 e. The molecule has 78 valence electrons. The third-order valence-corrected chi connectivity index (χ3v) is 3.57. The van der Waals surface area contributed by atoms with Crippen molar-refractivity contribution in [2.24, 2.45) is 0 Å². The minimum atomic E-state index is -1.30. The summed E-state index contributed by atoms with van der Waals surface area (Å²) in [7, 11) is -1.30. The van der Waals surface area contributed by atoms with E-state index in [-0.39, 0.29) is 10.1 Å². The molecule has 1 aromatic rings. The molecule has 0 aliphatic heterocycles. The van der Waals surface area contributed by atoms with Crippen molar-refractivity contribution in [3.05, 3.63) is 23.5 Å². The molecule has 0 aromatic heterocycles. The van der Waals surface area contributed by atoms with E-state index in [1.54, 1.807) is 26.8 Å². The lowest BCUT2D eigenvalue weighted by Gasteiger charge is -2.09. The Morgan fingerprint density at radius 1 is 1.43 bits per heavy atom. The summed E-state index contributed by atoms with van der Waals surface area (Å²) in [5.41, 5.74) is 6.68. The van der Waals surface area contributed by atoms with E-state index >= 15 is 0 Å². The highest BCUT2D eigenvalue weighted by Gasteiger charge is 2.14. The van der Waals surface area contributed by atoms with Gasteiger partial charge in [0.25, 0.3) is 0 Å². The molecule has 0 aliphatic rings. The van der Waals surface area contributed by atoms with Gasteiger partial charge in [-0.15, -0.1) is 0 Å². The van der Waals surface area contributed by atoms with Gasteiger partial charge in [-0.05, 0) is 24.6 Å². The van der Waals surface area contributed by atoms with Crippen LogP contribution in [-0.4, -0.2) is 9.46 Å². The zero-order valence-corrected chi connectivity index (χ0v) is 9.32. The van der Waals surface area contributed by atoms with Gasteiger partial charge in [0.15, 0.2) is 0 Å². The third kappa shape index (κ3) is 2.12.